The Morgan fingerprint density at radius 1 is 1.25 bits per heavy atom. The van der Waals surface area contributed by atoms with Gasteiger partial charge in [0, 0.05) is 29.6 Å². The first-order valence-electron chi connectivity index (χ1n) is 1.41. The summed E-state index contributed by atoms with van der Waals surface area (Å²) < 4.78 is 0. The molecule has 4 heavy (non-hydrogen) atoms. The zero-order chi connectivity index (χ0) is 2.71. The molecular weight excluding hydrogens is 59.0 g/mol. The summed E-state index contributed by atoms with van der Waals surface area (Å²) >= 11 is 0. The van der Waals surface area contributed by atoms with E-state index < -0.39 is 0 Å². The molecule has 0 aromatic carbocycles. The van der Waals surface area contributed by atoms with Gasteiger partial charge >= 0.3 is 0 Å². The Bertz CT molecular complexity index is 3.25. The zero-order valence-electron chi connectivity index (χ0n) is 3.71. The van der Waals surface area contributed by atoms with Crippen LogP contribution in [0.2, 0.25) is 0 Å². The third-order valence-corrected chi connectivity index (χ3v) is 0. The molecule has 0 rings (SSSR count). The van der Waals surface area contributed by atoms with E-state index in [1.165, 1.54) is 6.42 Å². The summed E-state index contributed by atoms with van der Waals surface area (Å²) in [5.41, 5.74) is 0. The van der Waals surface area contributed by atoms with Crippen LogP contribution in [0.25, 0.3) is 0 Å². The molecule has 0 aromatic rings. The van der Waals surface area contributed by atoms with Crippen LogP contribution in [-0.2, 0) is 0 Å². The van der Waals surface area contributed by atoms with Crippen LogP contribution in [0, 0.1) is 0 Å². The molecule has 0 unspecified atom stereocenters. The molecule has 0 bridgehead atoms. The second kappa shape index (κ2) is 9.00. The van der Waals surface area contributed by atoms with Crippen LogP contribution in [-0.4, -0.2) is 29.6 Å². The van der Waals surface area contributed by atoms with Crippen LogP contribution >= 0.6 is 0 Å². The van der Waals surface area contributed by atoms with Gasteiger partial charge < -0.3 is 0 Å². The zero-order valence-corrected chi connectivity index (χ0v) is 5.71. The number of hydrogen-bond acceptors (Lipinski definition) is 0. The number of hydrogen-bond donors (Lipinski definition) is 0. The van der Waals surface area contributed by atoms with Crippen molar-refractivity contribution in [2.75, 3.05) is 0 Å². The van der Waals surface area contributed by atoms with Gasteiger partial charge in [0.05, 0.1) is 0 Å². The van der Waals surface area contributed by atoms with E-state index >= 15 is 0 Å². The van der Waals surface area contributed by atoms with Gasteiger partial charge in [0.2, 0.25) is 0 Å². The fourth-order valence-electron chi connectivity index (χ4n) is 0. The van der Waals surface area contributed by atoms with Crippen molar-refractivity contribution in [2.24, 2.45) is 0 Å². The van der Waals surface area contributed by atoms with E-state index in [0.717, 1.165) is 0 Å². The third kappa shape index (κ3) is 12.0. The average Bonchev–Trinajstić information content (AvgIpc) is 0.918. The summed E-state index contributed by atoms with van der Waals surface area (Å²) in [5.74, 6) is 0. The molecule has 0 aromatic heterocycles. The maximum absolute atomic E-state index is 2.12. The maximum Gasteiger partial charge on any atom is 0 e. The predicted octanol–water partition coefficient (Wildman–Crippen LogP) is 1.04. The van der Waals surface area contributed by atoms with Crippen molar-refractivity contribution in [3.8, 4) is 0 Å². The summed E-state index contributed by atoms with van der Waals surface area (Å²) in [6.45, 7) is 4.25. The molecule has 0 saturated carbocycles. The molecule has 0 aliphatic rings. The van der Waals surface area contributed by atoms with Gasteiger partial charge in [-0.05, 0) is 0 Å². The monoisotopic (exact) mass is 67.1 g/mol. The second-order valence-electron chi connectivity index (χ2n) is 0.707. The van der Waals surface area contributed by atoms with Crippen LogP contribution in [0.5, 0.6) is 0 Å². The van der Waals surface area contributed by atoms with Gasteiger partial charge in [0.15, 0.2) is 0 Å². The van der Waals surface area contributed by atoms with Gasteiger partial charge in [-0.15, -0.1) is 0 Å². The first-order chi connectivity index (χ1) is 1.41. The molecule has 0 spiro atoms. The third-order valence-electron chi connectivity index (χ3n) is 0. The standard InChI is InChI=1S/C3H8.Na/c1-3-2;/h3H2,1-2H3;. The Hall–Kier alpha value is 1.00. The van der Waals surface area contributed by atoms with E-state index in [1.54, 1.807) is 0 Å². The van der Waals surface area contributed by atoms with Crippen LogP contribution in [0.4, 0.5) is 0 Å². The second-order valence-corrected chi connectivity index (χ2v) is 0.707. The minimum atomic E-state index is 0. The minimum Gasteiger partial charge on any atom is -0.0656 e. The Labute approximate surface area is 49.9 Å². The van der Waals surface area contributed by atoms with Crippen molar-refractivity contribution < 1.29 is 0 Å². The van der Waals surface area contributed by atoms with Crippen molar-refractivity contribution in [2.45, 2.75) is 20.3 Å². The number of rotatable bonds is 0. The van der Waals surface area contributed by atoms with Gasteiger partial charge in [0.1, 0.15) is 0 Å². The van der Waals surface area contributed by atoms with E-state index in [1.807, 2.05) is 0 Å². The van der Waals surface area contributed by atoms with Crippen LogP contribution in [0.15, 0.2) is 0 Å². The SMILES string of the molecule is CCC.[Na]. The van der Waals surface area contributed by atoms with Gasteiger partial charge in [-0.25, -0.2) is 0 Å². The quantitative estimate of drug-likeness (QED) is 0.371. The Morgan fingerprint density at radius 3 is 1.25 bits per heavy atom. The molecule has 0 nitrogen and oxygen atoms in total. The van der Waals surface area contributed by atoms with Crippen molar-refractivity contribution in [3.63, 3.8) is 0 Å². The van der Waals surface area contributed by atoms with Gasteiger partial charge in [-0.1, -0.05) is 20.3 Å². The molecule has 0 saturated heterocycles. The summed E-state index contributed by atoms with van der Waals surface area (Å²) in [6.07, 6.45) is 1.25. The fraction of sp³-hybridized carbons (Fsp3) is 1.00. The molecule has 0 atom stereocenters. The van der Waals surface area contributed by atoms with Crippen molar-refractivity contribution in [1.82, 2.24) is 0 Å². The van der Waals surface area contributed by atoms with Crippen molar-refractivity contribution in [3.05, 3.63) is 0 Å². The fourth-order valence-corrected chi connectivity index (χ4v) is 0. The van der Waals surface area contributed by atoms with Crippen molar-refractivity contribution >= 4 is 29.6 Å². The maximum atomic E-state index is 2.12. The molecule has 0 aliphatic carbocycles. The first-order valence-corrected chi connectivity index (χ1v) is 1.41. The van der Waals surface area contributed by atoms with Gasteiger partial charge in [0.25, 0.3) is 0 Å². The van der Waals surface area contributed by atoms with E-state index in [0.29, 0.717) is 0 Å². The van der Waals surface area contributed by atoms with Gasteiger partial charge in [-0.3, -0.25) is 0 Å². The molecule has 21 valence electrons. The predicted molar refractivity (Wildman–Crippen MR) is 21.7 cm³/mol. The Morgan fingerprint density at radius 2 is 1.25 bits per heavy atom. The smallest absolute Gasteiger partial charge is 0 e. The molecule has 0 fully saturated rings. The Kier molecular flexibility index (Phi) is 20.0. The minimum absolute atomic E-state index is 0. The van der Waals surface area contributed by atoms with E-state index in [2.05, 4.69) is 13.8 Å². The first kappa shape index (κ1) is 8.89. The van der Waals surface area contributed by atoms with Gasteiger partial charge in [-0.2, -0.15) is 0 Å². The Balaban J connectivity index is 0. The van der Waals surface area contributed by atoms with E-state index in [9.17, 15) is 0 Å². The summed E-state index contributed by atoms with van der Waals surface area (Å²) in [7, 11) is 0. The molecule has 0 N–H and O–H groups in total. The molecular formula is C3H8Na. The van der Waals surface area contributed by atoms with E-state index in [4.69, 9.17) is 0 Å². The largest absolute Gasteiger partial charge is 0.0656 e. The van der Waals surface area contributed by atoms with Crippen LogP contribution in [0.1, 0.15) is 20.3 Å². The molecule has 0 amide bonds. The molecule has 0 aliphatic heterocycles. The van der Waals surface area contributed by atoms with E-state index in [-0.39, 0.29) is 29.6 Å². The van der Waals surface area contributed by atoms with Crippen LogP contribution < -0.4 is 0 Å². The topological polar surface area (TPSA) is 0 Å². The van der Waals surface area contributed by atoms with Crippen LogP contribution in [0.3, 0.4) is 0 Å². The normalized spacial score (nSPS) is 4.50. The summed E-state index contributed by atoms with van der Waals surface area (Å²) in [6, 6.07) is 0. The molecule has 1 radical (unpaired) electrons. The van der Waals surface area contributed by atoms with Crippen molar-refractivity contribution in [1.29, 1.82) is 0 Å². The summed E-state index contributed by atoms with van der Waals surface area (Å²) in [4.78, 5) is 0. The molecule has 1 heteroatoms. The average molecular weight is 67.1 g/mol. The molecule has 0 heterocycles. The summed E-state index contributed by atoms with van der Waals surface area (Å²) in [5, 5.41) is 0.